The second-order valence-electron chi connectivity index (χ2n) is 5.77. The summed E-state index contributed by atoms with van der Waals surface area (Å²) >= 11 is 0. The molecule has 2 aliphatic carbocycles. The van der Waals surface area contributed by atoms with Crippen molar-refractivity contribution < 1.29 is 0 Å². The highest BCUT2D eigenvalue weighted by molar-refractivity contribution is 5.63. The number of rotatable bonds is 3. The molecule has 98 valence electrons. The topological polar surface area (TPSA) is 0 Å². The molecule has 2 aromatic rings. The maximum atomic E-state index is 2.37. The van der Waals surface area contributed by atoms with E-state index in [1.165, 1.54) is 35.1 Å². The number of benzene rings is 2. The van der Waals surface area contributed by atoms with Crippen LogP contribution in [0.25, 0.3) is 12.2 Å². The fourth-order valence-corrected chi connectivity index (χ4v) is 3.51. The van der Waals surface area contributed by atoms with E-state index in [-0.39, 0.29) is 0 Å². The van der Waals surface area contributed by atoms with Gasteiger partial charge in [-0.2, -0.15) is 0 Å². The largest absolute Gasteiger partial charge is 0.0764 e. The zero-order valence-electron chi connectivity index (χ0n) is 11.5. The highest BCUT2D eigenvalue weighted by atomic mass is 14.2. The van der Waals surface area contributed by atoms with Crippen molar-refractivity contribution in [1.82, 2.24) is 0 Å². The van der Waals surface area contributed by atoms with Gasteiger partial charge in [0.05, 0.1) is 0 Å². The van der Waals surface area contributed by atoms with E-state index in [0.29, 0.717) is 11.8 Å². The standard InChI is InChI=1S/C20H18/c1-3-7-19-15(5-1)9-11-17(19)13-14-18-12-10-16-6-2-4-8-20(16)18/h1-12,17-18H,13-14H2. The molecule has 2 aromatic carbocycles. The Hall–Kier alpha value is -2.08. The molecule has 20 heavy (non-hydrogen) atoms. The molecule has 0 saturated carbocycles. The van der Waals surface area contributed by atoms with Crippen molar-refractivity contribution in [3.8, 4) is 0 Å². The summed E-state index contributed by atoms with van der Waals surface area (Å²) in [6, 6.07) is 17.6. The summed E-state index contributed by atoms with van der Waals surface area (Å²) in [5.74, 6) is 1.21. The first-order chi connectivity index (χ1) is 9.92. The predicted octanol–water partition coefficient (Wildman–Crippen LogP) is 5.39. The van der Waals surface area contributed by atoms with Crippen LogP contribution in [-0.4, -0.2) is 0 Å². The molecule has 0 fully saturated rings. The quantitative estimate of drug-likeness (QED) is 0.692. The Balaban J connectivity index is 1.48. The monoisotopic (exact) mass is 258 g/mol. The molecule has 2 unspecified atom stereocenters. The van der Waals surface area contributed by atoms with Crippen molar-refractivity contribution in [3.05, 3.63) is 82.9 Å². The molecule has 0 amide bonds. The molecule has 0 N–H and O–H groups in total. The van der Waals surface area contributed by atoms with Gasteiger partial charge in [0.2, 0.25) is 0 Å². The van der Waals surface area contributed by atoms with Gasteiger partial charge < -0.3 is 0 Å². The van der Waals surface area contributed by atoms with E-state index in [4.69, 9.17) is 0 Å². The van der Waals surface area contributed by atoms with Gasteiger partial charge in [0.25, 0.3) is 0 Å². The first-order valence-corrected chi connectivity index (χ1v) is 7.46. The van der Waals surface area contributed by atoms with Crippen molar-refractivity contribution in [2.45, 2.75) is 24.7 Å². The van der Waals surface area contributed by atoms with Crippen molar-refractivity contribution in [3.63, 3.8) is 0 Å². The molecule has 2 aliphatic rings. The predicted molar refractivity (Wildman–Crippen MR) is 85.7 cm³/mol. The summed E-state index contributed by atoms with van der Waals surface area (Å²) in [5.41, 5.74) is 5.81. The van der Waals surface area contributed by atoms with E-state index >= 15 is 0 Å². The van der Waals surface area contributed by atoms with E-state index < -0.39 is 0 Å². The third-order valence-electron chi connectivity index (χ3n) is 4.60. The van der Waals surface area contributed by atoms with Gasteiger partial charge in [-0.15, -0.1) is 0 Å². The van der Waals surface area contributed by atoms with E-state index in [1.54, 1.807) is 0 Å². The van der Waals surface area contributed by atoms with Gasteiger partial charge in [0.15, 0.2) is 0 Å². The van der Waals surface area contributed by atoms with Crippen molar-refractivity contribution in [1.29, 1.82) is 0 Å². The van der Waals surface area contributed by atoms with Gasteiger partial charge in [-0.05, 0) is 35.1 Å². The minimum Gasteiger partial charge on any atom is -0.0764 e. The fraction of sp³-hybridized carbons (Fsp3) is 0.200. The van der Waals surface area contributed by atoms with Crippen LogP contribution in [0.1, 0.15) is 46.9 Å². The third-order valence-corrected chi connectivity index (χ3v) is 4.60. The van der Waals surface area contributed by atoms with Gasteiger partial charge in [-0.1, -0.05) is 72.8 Å². The lowest BCUT2D eigenvalue weighted by Gasteiger charge is -2.15. The van der Waals surface area contributed by atoms with Gasteiger partial charge in [-0.3, -0.25) is 0 Å². The number of fused-ring (bicyclic) bond motifs is 2. The summed E-state index contributed by atoms with van der Waals surface area (Å²) in [5, 5.41) is 0. The lowest BCUT2D eigenvalue weighted by atomic mass is 9.89. The summed E-state index contributed by atoms with van der Waals surface area (Å²) in [6.07, 6.45) is 11.8. The lowest BCUT2D eigenvalue weighted by Crippen LogP contribution is -1.98. The van der Waals surface area contributed by atoms with E-state index in [1.807, 2.05) is 0 Å². The maximum Gasteiger partial charge on any atom is 0.00275 e. The number of hydrogen-bond donors (Lipinski definition) is 0. The Morgan fingerprint density at radius 3 is 1.55 bits per heavy atom. The fourth-order valence-electron chi connectivity index (χ4n) is 3.51. The summed E-state index contributed by atoms with van der Waals surface area (Å²) in [7, 11) is 0. The Labute approximate surface area is 120 Å². The molecular weight excluding hydrogens is 240 g/mol. The van der Waals surface area contributed by atoms with Crippen LogP contribution in [-0.2, 0) is 0 Å². The van der Waals surface area contributed by atoms with Crippen LogP contribution in [0.3, 0.4) is 0 Å². The molecule has 0 heteroatoms. The minimum absolute atomic E-state index is 0.604. The Kier molecular flexibility index (Phi) is 2.81. The van der Waals surface area contributed by atoms with Gasteiger partial charge in [0, 0.05) is 11.8 Å². The zero-order valence-corrected chi connectivity index (χ0v) is 11.5. The molecule has 0 radical (unpaired) electrons. The molecule has 0 aromatic heterocycles. The van der Waals surface area contributed by atoms with Gasteiger partial charge >= 0.3 is 0 Å². The van der Waals surface area contributed by atoms with Crippen molar-refractivity contribution >= 4 is 12.2 Å². The molecule has 0 aliphatic heterocycles. The highest BCUT2D eigenvalue weighted by Gasteiger charge is 2.21. The van der Waals surface area contributed by atoms with Crippen LogP contribution in [0.5, 0.6) is 0 Å². The van der Waals surface area contributed by atoms with Gasteiger partial charge in [0.1, 0.15) is 0 Å². The first-order valence-electron chi connectivity index (χ1n) is 7.46. The van der Waals surface area contributed by atoms with Gasteiger partial charge in [-0.25, -0.2) is 0 Å². The van der Waals surface area contributed by atoms with E-state index in [9.17, 15) is 0 Å². The second kappa shape index (κ2) is 4.79. The minimum atomic E-state index is 0.604. The average Bonchev–Trinajstić information content (AvgIpc) is 3.09. The van der Waals surface area contributed by atoms with Crippen LogP contribution >= 0.6 is 0 Å². The Morgan fingerprint density at radius 1 is 0.600 bits per heavy atom. The van der Waals surface area contributed by atoms with Crippen LogP contribution in [0, 0.1) is 0 Å². The normalized spacial score (nSPS) is 22.0. The zero-order chi connectivity index (χ0) is 13.4. The van der Waals surface area contributed by atoms with Crippen molar-refractivity contribution in [2.24, 2.45) is 0 Å². The third kappa shape index (κ3) is 1.92. The molecule has 0 bridgehead atoms. The molecule has 0 nitrogen and oxygen atoms in total. The molecule has 0 spiro atoms. The molecular formula is C20H18. The van der Waals surface area contributed by atoms with E-state index in [0.717, 1.165) is 0 Å². The van der Waals surface area contributed by atoms with Crippen LogP contribution in [0.2, 0.25) is 0 Å². The Morgan fingerprint density at radius 2 is 1.05 bits per heavy atom. The van der Waals surface area contributed by atoms with Crippen LogP contribution < -0.4 is 0 Å². The van der Waals surface area contributed by atoms with Crippen molar-refractivity contribution in [2.75, 3.05) is 0 Å². The molecule has 2 atom stereocenters. The van der Waals surface area contributed by atoms with Crippen LogP contribution in [0.4, 0.5) is 0 Å². The molecule has 0 saturated heterocycles. The smallest absolute Gasteiger partial charge is 0.00275 e. The SMILES string of the molecule is C1=CC(CCC2C=Cc3ccccc32)c2ccccc21. The lowest BCUT2D eigenvalue weighted by molar-refractivity contribution is 0.642. The number of allylic oxidation sites excluding steroid dienone is 2. The second-order valence-corrected chi connectivity index (χ2v) is 5.77. The maximum absolute atomic E-state index is 2.37. The molecule has 0 heterocycles. The molecule has 4 rings (SSSR count). The summed E-state index contributed by atoms with van der Waals surface area (Å²) in [6.45, 7) is 0. The first kappa shape index (κ1) is 11.7. The Bertz CT molecular complexity index is 629. The van der Waals surface area contributed by atoms with Crippen LogP contribution in [0.15, 0.2) is 60.7 Å². The summed E-state index contributed by atoms with van der Waals surface area (Å²) in [4.78, 5) is 0. The highest BCUT2D eigenvalue weighted by Crippen LogP contribution is 2.38. The average molecular weight is 258 g/mol. The number of hydrogen-bond acceptors (Lipinski definition) is 0. The van der Waals surface area contributed by atoms with E-state index in [2.05, 4.69) is 72.8 Å². The summed E-state index contributed by atoms with van der Waals surface area (Å²) < 4.78 is 0.